The average molecular weight is 377 g/mol. The summed E-state index contributed by atoms with van der Waals surface area (Å²) in [6.45, 7) is 2.03. The fourth-order valence-corrected chi connectivity index (χ4v) is 3.70. The van der Waals surface area contributed by atoms with Gasteiger partial charge >= 0.3 is 0 Å². The molecule has 1 aromatic heterocycles. The van der Waals surface area contributed by atoms with Crippen molar-refractivity contribution in [1.29, 1.82) is 0 Å². The highest BCUT2D eigenvalue weighted by molar-refractivity contribution is 6.35. The number of nitrogens with one attached hydrogen (secondary N) is 2. The minimum absolute atomic E-state index is 0.0888. The van der Waals surface area contributed by atoms with Gasteiger partial charge in [0.25, 0.3) is 5.97 Å². The second-order valence-corrected chi connectivity index (χ2v) is 6.73. The third-order valence-electron chi connectivity index (χ3n) is 4.13. The summed E-state index contributed by atoms with van der Waals surface area (Å²) in [6, 6.07) is 14.2. The summed E-state index contributed by atoms with van der Waals surface area (Å²) < 4.78 is 0. The largest absolute Gasteiger partial charge is 0.481 e. The molecule has 1 atom stereocenters. The lowest BCUT2D eigenvalue weighted by atomic mass is 9.94. The second-order valence-electron chi connectivity index (χ2n) is 5.88. The van der Waals surface area contributed by atoms with Crippen LogP contribution < -0.4 is 5.32 Å². The van der Waals surface area contributed by atoms with Crippen molar-refractivity contribution in [2.75, 3.05) is 6.54 Å². The zero-order chi connectivity index (χ0) is 18.0. The lowest BCUT2D eigenvalue weighted by Gasteiger charge is -2.25. The zero-order valence-corrected chi connectivity index (χ0v) is 15.2. The molecule has 2 aromatic carbocycles. The van der Waals surface area contributed by atoms with Crippen molar-refractivity contribution in [2.24, 2.45) is 0 Å². The molecule has 0 amide bonds. The molecule has 0 saturated carbocycles. The predicted octanol–water partition coefficient (Wildman–Crippen LogP) is 4.80. The molecule has 3 aromatic rings. The van der Waals surface area contributed by atoms with Crippen LogP contribution in [0.15, 0.2) is 42.5 Å². The summed E-state index contributed by atoms with van der Waals surface area (Å²) in [4.78, 5) is 12.6. The molecule has 130 valence electrons. The van der Waals surface area contributed by atoms with Crippen LogP contribution in [0.3, 0.4) is 0 Å². The fourth-order valence-electron chi connectivity index (χ4n) is 3.18. The average Bonchev–Trinajstić information content (AvgIpc) is 2.93. The lowest BCUT2D eigenvalue weighted by Crippen LogP contribution is -2.30. The smallest absolute Gasteiger partial charge is 0.300 e. The molecule has 0 radical (unpaired) electrons. The summed E-state index contributed by atoms with van der Waals surface area (Å²) in [6.07, 6.45) is 1.03. The first-order chi connectivity index (χ1) is 12.0. The van der Waals surface area contributed by atoms with E-state index in [4.69, 9.17) is 33.1 Å². The quantitative estimate of drug-likeness (QED) is 0.571. The third kappa shape index (κ3) is 3.82. The van der Waals surface area contributed by atoms with E-state index in [9.17, 15) is 0 Å². The van der Waals surface area contributed by atoms with Crippen LogP contribution in [0.1, 0.15) is 29.8 Å². The van der Waals surface area contributed by atoms with Crippen molar-refractivity contribution in [3.63, 3.8) is 0 Å². The van der Waals surface area contributed by atoms with Crippen LogP contribution >= 0.6 is 23.2 Å². The van der Waals surface area contributed by atoms with Gasteiger partial charge in [-0.3, -0.25) is 4.79 Å². The first-order valence-corrected chi connectivity index (χ1v) is 8.70. The number of carboxylic acids is 1. The van der Waals surface area contributed by atoms with Gasteiger partial charge in [0.15, 0.2) is 0 Å². The van der Waals surface area contributed by atoms with Gasteiger partial charge in [-0.25, -0.2) is 0 Å². The van der Waals surface area contributed by atoms with E-state index >= 15 is 0 Å². The number of carboxylic acid groups (broad SMARTS) is 1. The SMILES string of the molecule is CC(=O)O.Clc1ccc(C2NCCc3c2[nH]c2ccccc32)c(Cl)c1. The van der Waals surface area contributed by atoms with Crippen molar-refractivity contribution in [3.05, 3.63) is 69.3 Å². The van der Waals surface area contributed by atoms with E-state index in [2.05, 4.69) is 34.6 Å². The number of rotatable bonds is 1. The van der Waals surface area contributed by atoms with Crippen LogP contribution in [0, 0.1) is 0 Å². The number of aliphatic carboxylic acids is 1. The molecule has 0 spiro atoms. The summed E-state index contributed by atoms with van der Waals surface area (Å²) in [5.74, 6) is -0.833. The van der Waals surface area contributed by atoms with E-state index in [-0.39, 0.29) is 6.04 Å². The Morgan fingerprint density at radius 3 is 2.64 bits per heavy atom. The number of fused-ring (bicyclic) bond motifs is 3. The molecule has 0 saturated heterocycles. The molecule has 0 fully saturated rings. The van der Waals surface area contributed by atoms with Crippen LogP contribution in [-0.2, 0) is 11.2 Å². The number of hydrogen-bond donors (Lipinski definition) is 3. The molecule has 0 aliphatic carbocycles. The summed E-state index contributed by atoms with van der Waals surface area (Å²) in [5, 5.41) is 13.6. The summed E-state index contributed by atoms with van der Waals surface area (Å²) in [5.41, 5.74) is 4.85. The number of para-hydroxylation sites is 1. The first kappa shape index (κ1) is 17.8. The van der Waals surface area contributed by atoms with E-state index in [1.165, 1.54) is 22.2 Å². The normalized spacial score (nSPS) is 16.0. The van der Waals surface area contributed by atoms with E-state index < -0.39 is 5.97 Å². The van der Waals surface area contributed by atoms with Gasteiger partial charge in [0.1, 0.15) is 0 Å². The van der Waals surface area contributed by atoms with Gasteiger partial charge in [0, 0.05) is 40.1 Å². The van der Waals surface area contributed by atoms with Gasteiger partial charge in [0.2, 0.25) is 0 Å². The Kier molecular flexibility index (Phi) is 5.33. The minimum Gasteiger partial charge on any atom is -0.481 e. The van der Waals surface area contributed by atoms with Crippen LogP contribution in [0.25, 0.3) is 10.9 Å². The van der Waals surface area contributed by atoms with Crippen molar-refractivity contribution in [1.82, 2.24) is 10.3 Å². The molecule has 0 bridgehead atoms. The highest BCUT2D eigenvalue weighted by Crippen LogP contribution is 2.36. The molecule has 4 nitrogen and oxygen atoms in total. The fraction of sp³-hybridized carbons (Fsp3) is 0.211. The van der Waals surface area contributed by atoms with Crippen molar-refractivity contribution < 1.29 is 9.90 Å². The van der Waals surface area contributed by atoms with Crippen molar-refractivity contribution in [3.8, 4) is 0 Å². The molecular weight excluding hydrogens is 359 g/mol. The van der Waals surface area contributed by atoms with E-state index in [0.29, 0.717) is 10.0 Å². The molecule has 1 aliphatic heterocycles. The maximum absolute atomic E-state index is 9.00. The van der Waals surface area contributed by atoms with Crippen LogP contribution in [-0.4, -0.2) is 22.6 Å². The number of aromatic amines is 1. The van der Waals surface area contributed by atoms with E-state index in [0.717, 1.165) is 25.5 Å². The maximum Gasteiger partial charge on any atom is 0.300 e. The predicted molar refractivity (Wildman–Crippen MR) is 102 cm³/mol. The number of aromatic nitrogens is 1. The van der Waals surface area contributed by atoms with Gasteiger partial charge in [-0.05, 0) is 35.7 Å². The topological polar surface area (TPSA) is 65.1 Å². The number of halogens is 2. The van der Waals surface area contributed by atoms with Crippen LogP contribution in [0.5, 0.6) is 0 Å². The van der Waals surface area contributed by atoms with Gasteiger partial charge in [0.05, 0.1) is 6.04 Å². The molecule has 3 N–H and O–H groups in total. The zero-order valence-electron chi connectivity index (χ0n) is 13.6. The molecule has 2 heterocycles. The standard InChI is InChI=1S/C17H14Cl2N2.C2H4O2/c18-10-5-6-13(14(19)9-10)16-17-12(7-8-20-16)11-3-1-2-4-15(11)21-17;1-2(3)4/h1-6,9,16,20-21H,7-8H2;1H3,(H,3,4). The second kappa shape index (κ2) is 7.48. The first-order valence-electron chi connectivity index (χ1n) is 7.94. The Morgan fingerprint density at radius 1 is 1.20 bits per heavy atom. The summed E-state index contributed by atoms with van der Waals surface area (Å²) in [7, 11) is 0. The highest BCUT2D eigenvalue weighted by atomic mass is 35.5. The monoisotopic (exact) mass is 376 g/mol. The Balaban J connectivity index is 0.000000415. The number of benzene rings is 2. The Hall–Kier alpha value is -2.01. The van der Waals surface area contributed by atoms with Gasteiger partial charge in [-0.15, -0.1) is 0 Å². The van der Waals surface area contributed by atoms with Crippen molar-refractivity contribution >= 4 is 40.1 Å². The van der Waals surface area contributed by atoms with Crippen molar-refractivity contribution in [2.45, 2.75) is 19.4 Å². The molecule has 25 heavy (non-hydrogen) atoms. The van der Waals surface area contributed by atoms with Gasteiger partial charge in [-0.1, -0.05) is 47.5 Å². The van der Waals surface area contributed by atoms with Crippen LogP contribution in [0.2, 0.25) is 10.0 Å². The van der Waals surface area contributed by atoms with Gasteiger partial charge in [-0.2, -0.15) is 0 Å². The number of H-pyrrole nitrogens is 1. The maximum atomic E-state index is 9.00. The molecule has 4 rings (SSSR count). The number of carbonyl (C=O) groups is 1. The Morgan fingerprint density at radius 2 is 1.92 bits per heavy atom. The number of hydrogen-bond acceptors (Lipinski definition) is 2. The van der Waals surface area contributed by atoms with E-state index in [1.54, 1.807) is 6.07 Å². The molecule has 1 aliphatic rings. The minimum atomic E-state index is -0.833. The van der Waals surface area contributed by atoms with Crippen LogP contribution in [0.4, 0.5) is 0 Å². The summed E-state index contributed by atoms with van der Waals surface area (Å²) >= 11 is 12.4. The lowest BCUT2D eigenvalue weighted by molar-refractivity contribution is -0.134. The Labute approximate surface area is 155 Å². The Bertz CT molecular complexity index is 917. The third-order valence-corrected chi connectivity index (χ3v) is 4.69. The molecule has 1 unspecified atom stereocenters. The van der Waals surface area contributed by atoms with E-state index in [1.807, 2.05) is 12.1 Å². The molecule has 6 heteroatoms. The molecular formula is C19H18Cl2N2O2. The van der Waals surface area contributed by atoms with Gasteiger partial charge < -0.3 is 15.4 Å². The highest BCUT2D eigenvalue weighted by Gasteiger charge is 2.26.